The molecule has 0 aromatic heterocycles. The number of methoxy groups -OCH3 is 1. The molecular formula is C25H27BrN2O5S. The summed E-state index contributed by atoms with van der Waals surface area (Å²) in [6, 6.07) is 11.2. The first-order valence-corrected chi connectivity index (χ1v) is 12.2. The molecule has 7 nitrogen and oxygen atoms in total. The fourth-order valence-electron chi connectivity index (χ4n) is 3.48. The Morgan fingerprint density at radius 3 is 2.24 bits per heavy atom. The summed E-state index contributed by atoms with van der Waals surface area (Å²) in [5, 5.41) is 0.206. The highest BCUT2D eigenvalue weighted by Crippen LogP contribution is 2.37. The number of hydrogen-bond donors (Lipinski definition) is 0. The van der Waals surface area contributed by atoms with Crippen LogP contribution in [0.25, 0.3) is 6.08 Å². The first kappa shape index (κ1) is 25.7. The van der Waals surface area contributed by atoms with Crippen LogP contribution in [0, 0.1) is 0 Å². The minimum absolute atomic E-state index is 0.191. The van der Waals surface area contributed by atoms with Crippen LogP contribution in [0.5, 0.6) is 11.5 Å². The molecule has 1 aliphatic heterocycles. The molecule has 180 valence electrons. The third-order valence-electron chi connectivity index (χ3n) is 5.21. The van der Waals surface area contributed by atoms with Crippen molar-refractivity contribution >= 4 is 56.9 Å². The van der Waals surface area contributed by atoms with Crippen molar-refractivity contribution in [3.63, 3.8) is 0 Å². The average Bonchev–Trinajstić information content (AvgIpc) is 3.05. The molecule has 1 aliphatic rings. The van der Waals surface area contributed by atoms with Gasteiger partial charge in [0.05, 0.1) is 26.0 Å². The van der Waals surface area contributed by atoms with Crippen molar-refractivity contribution in [3.8, 4) is 11.5 Å². The molecule has 1 heterocycles. The Bertz CT molecular complexity index is 1120. The maximum atomic E-state index is 13.6. The average molecular weight is 547 g/mol. The summed E-state index contributed by atoms with van der Waals surface area (Å²) in [5.41, 5.74) is 2.70. The number of thiocarbonyl (C=S) groups is 1. The van der Waals surface area contributed by atoms with Gasteiger partial charge in [-0.05, 0) is 74.0 Å². The summed E-state index contributed by atoms with van der Waals surface area (Å²) >= 11 is 9.18. The Hall–Kier alpha value is -2.91. The summed E-state index contributed by atoms with van der Waals surface area (Å²) in [5.74, 6) is 0.302. The van der Waals surface area contributed by atoms with Gasteiger partial charge in [-0.25, -0.2) is 0 Å². The SMILES string of the molecule is CCOc1cc(Br)c(/C=C2/C(=O)N(c3ccc(CC)cc3)C(=S)N2CC(=O)OC)cc1OCC. The number of anilines is 1. The van der Waals surface area contributed by atoms with Crippen LogP contribution >= 0.6 is 28.1 Å². The summed E-state index contributed by atoms with van der Waals surface area (Å²) in [4.78, 5) is 28.6. The number of amides is 1. The molecule has 1 saturated heterocycles. The van der Waals surface area contributed by atoms with Crippen molar-refractivity contribution in [3.05, 3.63) is 57.7 Å². The fraction of sp³-hybridized carbons (Fsp3) is 0.320. The van der Waals surface area contributed by atoms with Crippen molar-refractivity contribution in [2.24, 2.45) is 0 Å². The molecule has 0 N–H and O–H groups in total. The molecule has 1 fully saturated rings. The van der Waals surface area contributed by atoms with Gasteiger partial charge in [0, 0.05) is 4.47 Å². The molecule has 0 unspecified atom stereocenters. The van der Waals surface area contributed by atoms with Crippen LogP contribution in [0.4, 0.5) is 5.69 Å². The summed E-state index contributed by atoms with van der Waals surface area (Å²) < 4.78 is 17.0. The molecular weight excluding hydrogens is 520 g/mol. The summed E-state index contributed by atoms with van der Waals surface area (Å²) in [6.45, 7) is 6.59. The van der Waals surface area contributed by atoms with E-state index in [0.717, 1.165) is 12.0 Å². The third kappa shape index (κ3) is 5.42. The highest BCUT2D eigenvalue weighted by atomic mass is 79.9. The van der Waals surface area contributed by atoms with Crippen molar-refractivity contribution in [2.45, 2.75) is 27.2 Å². The van der Waals surface area contributed by atoms with Gasteiger partial charge < -0.3 is 19.1 Å². The lowest BCUT2D eigenvalue weighted by Gasteiger charge is -2.19. The van der Waals surface area contributed by atoms with Crippen LogP contribution in [0.15, 0.2) is 46.6 Å². The summed E-state index contributed by atoms with van der Waals surface area (Å²) in [6.07, 6.45) is 2.56. The van der Waals surface area contributed by atoms with Crippen LogP contribution in [-0.4, -0.2) is 48.8 Å². The van der Waals surface area contributed by atoms with Gasteiger partial charge in [-0.1, -0.05) is 35.0 Å². The molecule has 2 aromatic rings. The highest BCUT2D eigenvalue weighted by Gasteiger charge is 2.40. The Morgan fingerprint density at radius 2 is 1.68 bits per heavy atom. The van der Waals surface area contributed by atoms with Gasteiger partial charge in [0.1, 0.15) is 12.2 Å². The number of benzene rings is 2. The van der Waals surface area contributed by atoms with E-state index in [1.54, 1.807) is 18.2 Å². The van der Waals surface area contributed by atoms with E-state index in [-0.39, 0.29) is 23.3 Å². The van der Waals surface area contributed by atoms with E-state index in [2.05, 4.69) is 22.9 Å². The smallest absolute Gasteiger partial charge is 0.325 e. The van der Waals surface area contributed by atoms with Crippen LogP contribution in [0.1, 0.15) is 31.9 Å². The van der Waals surface area contributed by atoms with E-state index in [1.165, 1.54) is 16.9 Å². The molecule has 9 heteroatoms. The lowest BCUT2D eigenvalue weighted by atomic mass is 10.1. The lowest BCUT2D eigenvalue weighted by Crippen LogP contribution is -2.35. The number of carbonyl (C=O) groups excluding carboxylic acids is 2. The first-order valence-electron chi connectivity index (χ1n) is 11.0. The van der Waals surface area contributed by atoms with E-state index in [9.17, 15) is 9.59 Å². The molecule has 1 amide bonds. The standard InChI is InChI=1S/C25H27BrN2O5S/c1-5-16-8-10-18(11-9-16)28-24(30)20(27(25(28)34)15-23(29)31-4)12-17-13-21(32-6-2)22(33-7-3)14-19(17)26/h8-14H,5-7,15H2,1-4H3/b20-12-. The second kappa shape index (κ2) is 11.5. The number of rotatable bonds is 9. The molecule has 0 atom stereocenters. The van der Waals surface area contributed by atoms with Gasteiger partial charge >= 0.3 is 5.97 Å². The topological polar surface area (TPSA) is 68.3 Å². The second-order valence-corrected chi connectivity index (χ2v) is 8.54. The lowest BCUT2D eigenvalue weighted by molar-refractivity contribution is -0.140. The number of ether oxygens (including phenoxy) is 3. The highest BCUT2D eigenvalue weighted by molar-refractivity contribution is 9.10. The van der Waals surface area contributed by atoms with Gasteiger partial charge in [0.2, 0.25) is 0 Å². The molecule has 2 aromatic carbocycles. The van der Waals surface area contributed by atoms with Crippen molar-refractivity contribution in [2.75, 3.05) is 31.8 Å². The number of esters is 1. The minimum Gasteiger partial charge on any atom is -0.490 e. The fourth-order valence-corrected chi connectivity index (χ4v) is 4.27. The van der Waals surface area contributed by atoms with Gasteiger partial charge in [-0.3, -0.25) is 14.5 Å². The Balaban J connectivity index is 2.09. The van der Waals surface area contributed by atoms with E-state index in [1.807, 2.05) is 38.1 Å². The molecule has 0 saturated carbocycles. The van der Waals surface area contributed by atoms with Gasteiger partial charge in [-0.2, -0.15) is 0 Å². The zero-order valence-electron chi connectivity index (χ0n) is 19.6. The Labute approximate surface area is 213 Å². The van der Waals surface area contributed by atoms with Crippen molar-refractivity contribution in [1.82, 2.24) is 4.90 Å². The number of nitrogens with zero attached hydrogens (tertiary/aromatic N) is 2. The number of aryl methyl sites for hydroxylation is 1. The van der Waals surface area contributed by atoms with E-state index in [4.69, 9.17) is 26.4 Å². The van der Waals surface area contributed by atoms with Crippen LogP contribution in [0.3, 0.4) is 0 Å². The Kier molecular flexibility index (Phi) is 8.68. The van der Waals surface area contributed by atoms with Gasteiger partial charge in [0.25, 0.3) is 5.91 Å². The predicted molar refractivity (Wildman–Crippen MR) is 139 cm³/mol. The largest absolute Gasteiger partial charge is 0.490 e. The zero-order valence-corrected chi connectivity index (χ0v) is 22.0. The van der Waals surface area contributed by atoms with E-state index in [0.29, 0.717) is 40.4 Å². The number of carbonyl (C=O) groups is 2. The van der Waals surface area contributed by atoms with Crippen LogP contribution in [-0.2, 0) is 20.7 Å². The van der Waals surface area contributed by atoms with E-state index < -0.39 is 5.97 Å². The first-order chi connectivity index (χ1) is 16.3. The molecule has 3 rings (SSSR count). The van der Waals surface area contributed by atoms with Gasteiger partial charge in [-0.15, -0.1) is 0 Å². The van der Waals surface area contributed by atoms with E-state index >= 15 is 0 Å². The molecule has 0 aliphatic carbocycles. The molecule has 0 bridgehead atoms. The third-order valence-corrected chi connectivity index (χ3v) is 6.30. The molecule has 0 spiro atoms. The monoisotopic (exact) mass is 546 g/mol. The van der Waals surface area contributed by atoms with Crippen molar-refractivity contribution in [1.29, 1.82) is 0 Å². The maximum Gasteiger partial charge on any atom is 0.325 e. The van der Waals surface area contributed by atoms with Crippen LogP contribution in [0.2, 0.25) is 0 Å². The predicted octanol–water partition coefficient (Wildman–Crippen LogP) is 4.96. The number of hydrogen-bond acceptors (Lipinski definition) is 6. The maximum absolute atomic E-state index is 13.6. The van der Waals surface area contributed by atoms with Crippen molar-refractivity contribution < 1.29 is 23.8 Å². The number of halogens is 1. The van der Waals surface area contributed by atoms with Crippen LogP contribution < -0.4 is 14.4 Å². The molecule has 0 radical (unpaired) electrons. The minimum atomic E-state index is -0.509. The molecule has 34 heavy (non-hydrogen) atoms. The quantitative estimate of drug-likeness (QED) is 0.250. The summed E-state index contributed by atoms with van der Waals surface area (Å²) in [7, 11) is 1.30. The Morgan fingerprint density at radius 1 is 1.06 bits per heavy atom. The second-order valence-electron chi connectivity index (χ2n) is 7.32. The normalized spacial score (nSPS) is 14.7. The van der Waals surface area contributed by atoms with Gasteiger partial charge in [0.15, 0.2) is 16.6 Å². The zero-order chi connectivity index (χ0) is 24.8.